The van der Waals surface area contributed by atoms with Crippen molar-refractivity contribution >= 4 is 11.8 Å². The lowest BCUT2D eigenvalue weighted by Gasteiger charge is -2.09. The maximum atomic E-state index is 11.7. The van der Waals surface area contributed by atoms with Gasteiger partial charge in [0.25, 0.3) is 5.78 Å². The van der Waals surface area contributed by atoms with E-state index in [2.05, 4.69) is 4.74 Å². The number of ketones is 1. The third kappa shape index (κ3) is 2.76. The topological polar surface area (TPSA) is 52.6 Å². The first kappa shape index (κ1) is 12.8. The summed E-state index contributed by atoms with van der Waals surface area (Å²) in [6.07, 6.45) is 2.19. The van der Waals surface area contributed by atoms with Crippen LogP contribution in [0.15, 0.2) is 24.3 Å². The molecule has 0 N–H and O–H groups in total. The van der Waals surface area contributed by atoms with E-state index in [-0.39, 0.29) is 12.7 Å². The molecule has 18 heavy (non-hydrogen) atoms. The molecule has 0 spiro atoms. The van der Waals surface area contributed by atoms with E-state index in [1.165, 1.54) is 0 Å². The summed E-state index contributed by atoms with van der Waals surface area (Å²) < 4.78 is 10.2. The fourth-order valence-corrected chi connectivity index (χ4v) is 2.00. The van der Waals surface area contributed by atoms with Crippen LogP contribution in [0.1, 0.15) is 41.8 Å². The standard InChI is InChI=1S/C14H16O4/c1-2-17-14(16)13(15)11-7-5-10(6-8-11)12-4-3-9-18-12/h5-8,12H,2-4,9H2,1H3. The zero-order valence-corrected chi connectivity index (χ0v) is 10.3. The Labute approximate surface area is 106 Å². The maximum absolute atomic E-state index is 11.7. The number of hydrogen-bond acceptors (Lipinski definition) is 4. The Morgan fingerprint density at radius 1 is 1.33 bits per heavy atom. The molecule has 0 saturated carbocycles. The normalized spacial score (nSPS) is 18.6. The van der Waals surface area contributed by atoms with E-state index in [0.717, 1.165) is 25.0 Å². The van der Waals surface area contributed by atoms with Crippen molar-refractivity contribution < 1.29 is 19.1 Å². The Balaban J connectivity index is 2.07. The van der Waals surface area contributed by atoms with E-state index in [1.807, 2.05) is 12.1 Å². The van der Waals surface area contributed by atoms with Gasteiger partial charge in [-0.05, 0) is 25.3 Å². The van der Waals surface area contributed by atoms with Gasteiger partial charge < -0.3 is 9.47 Å². The van der Waals surface area contributed by atoms with Crippen molar-refractivity contribution in [3.05, 3.63) is 35.4 Å². The van der Waals surface area contributed by atoms with Crippen LogP contribution in [0, 0.1) is 0 Å². The molecule has 0 aliphatic carbocycles. The van der Waals surface area contributed by atoms with Crippen molar-refractivity contribution in [2.45, 2.75) is 25.9 Å². The molecular formula is C14H16O4. The molecule has 1 aliphatic heterocycles. The van der Waals surface area contributed by atoms with Gasteiger partial charge in [0, 0.05) is 12.2 Å². The molecule has 0 radical (unpaired) electrons. The summed E-state index contributed by atoms with van der Waals surface area (Å²) in [5.41, 5.74) is 1.41. The first-order valence-corrected chi connectivity index (χ1v) is 6.15. The van der Waals surface area contributed by atoms with Crippen LogP contribution >= 0.6 is 0 Å². The molecule has 2 rings (SSSR count). The van der Waals surface area contributed by atoms with Gasteiger partial charge in [0.2, 0.25) is 0 Å². The van der Waals surface area contributed by atoms with E-state index in [1.54, 1.807) is 19.1 Å². The van der Waals surface area contributed by atoms with Crippen LogP contribution < -0.4 is 0 Å². The van der Waals surface area contributed by atoms with E-state index >= 15 is 0 Å². The molecule has 1 heterocycles. The van der Waals surface area contributed by atoms with Crippen molar-refractivity contribution in [2.24, 2.45) is 0 Å². The molecule has 4 nitrogen and oxygen atoms in total. The van der Waals surface area contributed by atoms with Crippen LogP contribution in [0.3, 0.4) is 0 Å². The third-order valence-electron chi connectivity index (χ3n) is 2.94. The number of rotatable bonds is 4. The minimum Gasteiger partial charge on any atom is -0.460 e. The van der Waals surface area contributed by atoms with Gasteiger partial charge in [-0.25, -0.2) is 4.79 Å². The largest absolute Gasteiger partial charge is 0.460 e. The molecule has 0 aromatic heterocycles. The number of esters is 1. The Hall–Kier alpha value is -1.68. The number of ether oxygens (including phenoxy) is 2. The van der Waals surface area contributed by atoms with Crippen LogP contribution in [0.5, 0.6) is 0 Å². The number of carbonyl (C=O) groups excluding carboxylic acids is 2. The van der Waals surface area contributed by atoms with Crippen molar-refractivity contribution in [1.29, 1.82) is 0 Å². The van der Waals surface area contributed by atoms with Crippen molar-refractivity contribution in [3.8, 4) is 0 Å². The lowest BCUT2D eigenvalue weighted by atomic mass is 10.0. The lowest BCUT2D eigenvalue weighted by Crippen LogP contribution is -2.17. The van der Waals surface area contributed by atoms with Gasteiger partial charge in [-0.2, -0.15) is 0 Å². The summed E-state index contributed by atoms with van der Waals surface area (Å²) in [5, 5.41) is 0. The highest BCUT2D eigenvalue weighted by atomic mass is 16.5. The third-order valence-corrected chi connectivity index (χ3v) is 2.94. The zero-order valence-electron chi connectivity index (χ0n) is 10.3. The second kappa shape index (κ2) is 5.78. The molecule has 1 aromatic carbocycles. The average molecular weight is 248 g/mol. The summed E-state index contributed by atoms with van der Waals surface area (Å²) in [7, 11) is 0. The Morgan fingerprint density at radius 3 is 2.61 bits per heavy atom. The average Bonchev–Trinajstić information content (AvgIpc) is 2.92. The quantitative estimate of drug-likeness (QED) is 0.466. The summed E-state index contributed by atoms with van der Waals surface area (Å²) >= 11 is 0. The van der Waals surface area contributed by atoms with Crippen molar-refractivity contribution in [1.82, 2.24) is 0 Å². The predicted molar refractivity (Wildman–Crippen MR) is 65.3 cm³/mol. The summed E-state index contributed by atoms with van der Waals surface area (Å²) in [6, 6.07) is 6.97. The zero-order chi connectivity index (χ0) is 13.0. The SMILES string of the molecule is CCOC(=O)C(=O)c1ccc(C2CCCO2)cc1. The van der Waals surface area contributed by atoms with Crippen LogP contribution in [-0.2, 0) is 14.3 Å². The molecule has 4 heteroatoms. The van der Waals surface area contributed by atoms with Gasteiger partial charge in [0.05, 0.1) is 12.7 Å². The number of Topliss-reactive ketones (excluding diaryl/α,β-unsaturated/α-hetero) is 1. The van der Waals surface area contributed by atoms with E-state index in [9.17, 15) is 9.59 Å². The molecule has 1 aliphatic rings. The fourth-order valence-electron chi connectivity index (χ4n) is 2.00. The van der Waals surface area contributed by atoms with E-state index in [4.69, 9.17) is 4.74 Å². The van der Waals surface area contributed by atoms with Gasteiger partial charge >= 0.3 is 5.97 Å². The number of hydrogen-bond donors (Lipinski definition) is 0. The smallest absolute Gasteiger partial charge is 0.379 e. The minimum atomic E-state index is -0.803. The van der Waals surface area contributed by atoms with Crippen molar-refractivity contribution in [3.63, 3.8) is 0 Å². The van der Waals surface area contributed by atoms with Gasteiger partial charge in [-0.1, -0.05) is 24.3 Å². The second-order valence-corrected chi connectivity index (χ2v) is 4.17. The summed E-state index contributed by atoms with van der Waals surface area (Å²) in [4.78, 5) is 22.9. The lowest BCUT2D eigenvalue weighted by molar-refractivity contribution is -0.137. The Bertz CT molecular complexity index is 430. The Morgan fingerprint density at radius 2 is 2.06 bits per heavy atom. The first-order valence-electron chi connectivity index (χ1n) is 6.15. The monoisotopic (exact) mass is 248 g/mol. The van der Waals surface area contributed by atoms with Gasteiger partial charge in [-0.3, -0.25) is 4.79 Å². The van der Waals surface area contributed by atoms with Crippen molar-refractivity contribution in [2.75, 3.05) is 13.2 Å². The Kier molecular flexibility index (Phi) is 4.10. The number of carbonyl (C=O) groups is 2. The van der Waals surface area contributed by atoms with Crippen LogP contribution in [0.4, 0.5) is 0 Å². The minimum absolute atomic E-state index is 0.122. The van der Waals surface area contributed by atoms with E-state index in [0.29, 0.717) is 5.56 Å². The summed E-state index contributed by atoms with van der Waals surface area (Å²) in [6.45, 7) is 2.67. The highest BCUT2D eigenvalue weighted by molar-refractivity contribution is 6.40. The van der Waals surface area contributed by atoms with Crippen LogP contribution in [0.2, 0.25) is 0 Å². The molecule has 1 atom stereocenters. The van der Waals surface area contributed by atoms with Crippen LogP contribution in [0.25, 0.3) is 0 Å². The predicted octanol–water partition coefficient (Wildman–Crippen LogP) is 2.28. The highest BCUT2D eigenvalue weighted by Crippen LogP contribution is 2.28. The number of benzene rings is 1. The molecule has 1 fully saturated rings. The molecule has 96 valence electrons. The molecule has 0 amide bonds. The molecule has 1 aromatic rings. The maximum Gasteiger partial charge on any atom is 0.379 e. The second-order valence-electron chi connectivity index (χ2n) is 4.17. The van der Waals surface area contributed by atoms with Gasteiger partial charge in [0.15, 0.2) is 0 Å². The van der Waals surface area contributed by atoms with Gasteiger partial charge in [-0.15, -0.1) is 0 Å². The highest BCUT2D eigenvalue weighted by Gasteiger charge is 2.20. The molecule has 0 bridgehead atoms. The molecular weight excluding hydrogens is 232 g/mol. The molecule has 1 unspecified atom stereocenters. The van der Waals surface area contributed by atoms with Gasteiger partial charge in [0.1, 0.15) is 0 Å². The van der Waals surface area contributed by atoms with E-state index < -0.39 is 11.8 Å². The molecule has 1 saturated heterocycles. The van der Waals surface area contributed by atoms with Crippen LogP contribution in [-0.4, -0.2) is 25.0 Å². The first-order chi connectivity index (χ1) is 8.72. The summed E-state index contributed by atoms with van der Waals surface area (Å²) in [5.74, 6) is -1.40. The fraction of sp³-hybridized carbons (Fsp3) is 0.429.